The van der Waals surface area contributed by atoms with Crippen LogP contribution in [0, 0.1) is 0 Å². The number of quaternary nitrogens is 1. The van der Waals surface area contributed by atoms with Crippen molar-refractivity contribution in [1.82, 2.24) is 0 Å². The van der Waals surface area contributed by atoms with Crippen molar-refractivity contribution in [1.29, 1.82) is 0 Å². The summed E-state index contributed by atoms with van der Waals surface area (Å²) < 4.78 is -0.514. The molecule has 0 aliphatic heterocycles. The van der Waals surface area contributed by atoms with E-state index in [4.69, 9.17) is 0 Å². The zero-order valence-corrected chi connectivity index (χ0v) is 26.2. The molecule has 3 atom stereocenters. The maximum Gasteiger partial charge on any atom is 0.362 e. The van der Waals surface area contributed by atoms with Crippen LogP contribution in [0.15, 0.2) is 12.2 Å². The van der Waals surface area contributed by atoms with Crippen molar-refractivity contribution in [3.8, 4) is 0 Å². The quantitative estimate of drug-likeness (QED) is 0.0584. The molecule has 0 bridgehead atoms. The molecule has 234 valence electrons. The lowest BCUT2D eigenvalue weighted by Gasteiger charge is -2.51. The molecular weight excluding hydrogens is 506 g/mol. The van der Waals surface area contributed by atoms with Crippen molar-refractivity contribution in [3.05, 3.63) is 12.2 Å². The highest BCUT2D eigenvalue weighted by atomic mass is 16.4. The van der Waals surface area contributed by atoms with Crippen molar-refractivity contribution >= 4 is 17.9 Å². The Bertz CT molecular complexity index is 652. The molecule has 7 heteroatoms. The Balaban J connectivity index is 4.58. The smallest absolute Gasteiger partial charge is 0.362 e. The molecule has 0 spiro atoms. The van der Waals surface area contributed by atoms with Crippen LogP contribution >= 0.6 is 0 Å². The van der Waals surface area contributed by atoms with E-state index in [1.807, 2.05) is 6.08 Å². The molecule has 7 nitrogen and oxygen atoms in total. The molecule has 0 heterocycles. The maximum atomic E-state index is 12.2. The number of carbonyl (C=O) groups excluding carboxylic acids is 1. The minimum Gasteiger partial charge on any atom is -0.544 e. The molecule has 40 heavy (non-hydrogen) atoms. The third-order valence-corrected chi connectivity index (χ3v) is 8.57. The Kier molecular flexibility index (Phi) is 22.7. The fourth-order valence-electron chi connectivity index (χ4n) is 6.43. The van der Waals surface area contributed by atoms with E-state index in [9.17, 15) is 29.7 Å². The van der Waals surface area contributed by atoms with E-state index < -0.39 is 40.5 Å². The summed E-state index contributed by atoms with van der Waals surface area (Å²) >= 11 is 0. The molecule has 0 rings (SSSR count). The molecule has 0 aromatic carbocycles. The van der Waals surface area contributed by atoms with Crippen LogP contribution in [-0.2, 0) is 14.4 Å². The van der Waals surface area contributed by atoms with Gasteiger partial charge in [0.25, 0.3) is 0 Å². The van der Waals surface area contributed by atoms with Crippen molar-refractivity contribution in [2.45, 2.75) is 174 Å². The summed E-state index contributed by atoms with van der Waals surface area (Å²) in [7, 11) is 0. The highest BCUT2D eigenvalue weighted by Gasteiger charge is 2.53. The summed E-state index contributed by atoms with van der Waals surface area (Å²) in [6, 6.07) is -3.47. The Hall–Kier alpha value is -1.89. The number of nitrogens with zero attached hydrogens (tertiary/aromatic N) is 1. The monoisotopic (exact) mass is 567 g/mol. The van der Waals surface area contributed by atoms with E-state index in [1.165, 1.54) is 89.9 Å². The summed E-state index contributed by atoms with van der Waals surface area (Å²) in [5.41, 5.74) is 0. The van der Waals surface area contributed by atoms with Crippen LogP contribution in [0.5, 0.6) is 0 Å². The number of rotatable bonds is 28. The molecule has 2 N–H and O–H groups in total. The second-order valence-corrected chi connectivity index (χ2v) is 11.5. The summed E-state index contributed by atoms with van der Waals surface area (Å²) in [6.07, 6.45) is 25.6. The largest absolute Gasteiger partial charge is 0.544 e. The van der Waals surface area contributed by atoms with Crippen LogP contribution in [0.1, 0.15) is 156 Å². The normalized spacial score (nSPS) is 15.5. The molecule has 0 amide bonds. The number of hydrogen-bond acceptors (Lipinski definition) is 4. The highest BCUT2D eigenvalue weighted by molar-refractivity contribution is 5.77. The average molecular weight is 568 g/mol. The number of carboxylic acid groups (broad SMARTS) is 3. The van der Waals surface area contributed by atoms with Crippen molar-refractivity contribution in [2.75, 3.05) is 6.54 Å². The minimum atomic E-state index is -1.39. The van der Waals surface area contributed by atoms with Gasteiger partial charge in [0.15, 0.2) is 12.1 Å². The van der Waals surface area contributed by atoms with Crippen LogP contribution in [0.4, 0.5) is 0 Å². The van der Waals surface area contributed by atoms with Gasteiger partial charge in [-0.2, -0.15) is 0 Å². The number of unbranched alkanes of at least 4 members (excludes halogenated alkanes) is 15. The van der Waals surface area contributed by atoms with Crippen LogP contribution in [0.3, 0.4) is 0 Å². The summed E-state index contributed by atoms with van der Waals surface area (Å²) in [6.45, 7) is 7.40. The van der Waals surface area contributed by atoms with Gasteiger partial charge in [-0.15, -0.1) is 0 Å². The Morgan fingerprint density at radius 1 is 0.575 bits per heavy atom. The van der Waals surface area contributed by atoms with Gasteiger partial charge in [0.2, 0.25) is 0 Å². The van der Waals surface area contributed by atoms with E-state index in [-0.39, 0.29) is 25.8 Å². The third kappa shape index (κ3) is 14.1. The van der Waals surface area contributed by atoms with Gasteiger partial charge in [-0.3, -0.25) is 4.48 Å². The first-order valence-electron chi connectivity index (χ1n) is 16.4. The molecule has 0 saturated carbocycles. The molecule has 0 fully saturated rings. The van der Waals surface area contributed by atoms with Crippen LogP contribution in [0.2, 0.25) is 0 Å². The van der Waals surface area contributed by atoms with E-state index in [1.54, 1.807) is 20.8 Å². The molecule has 0 aromatic heterocycles. The molecule has 0 aliphatic carbocycles. The van der Waals surface area contributed by atoms with Gasteiger partial charge in [0, 0.05) is 25.7 Å². The topological polar surface area (TPSA) is 115 Å². The van der Waals surface area contributed by atoms with Gasteiger partial charge in [-0.1, -0.05) is 130 Å². The van der Waals surface area contributed by atoms with Gasteiger partial charge in [0.05, 0.1) is 12.5 Å². The van der Waals surface area contributed by atoms with E-state index in [0.29, 0.717) is 6.42 Å². The number of carbonyl (C=O) groups is 3. The molecular formula is C33H61NO6. The van der Waals surface area contributed by atoms with Crippen LogP contribution in [0.25, 0.3) is 0 Å². The molecule has 0 aliphatic rings. The van der Waals surface area contributed by atoms with Gasteiger partial charge in [-0.25, -0.2) is 9.59 Å². The number of carboxylic acids is 3. The number of hydrogen-bond donors (Lipinski definition) is 2. The van der Waals surface area contributed by atoms with E-state index >= 15 is 0 Å². The lowest BCUT2D eigenvalue weighted by molar-refractivity contribution is -0.974. The zero-order chi connectivity index (χ0) is 30.2. The summed E-state index contributed by atoms with van der Waals surface area (Å²) in [5.74, 6) is -3.71. The standard InChI is InChI=1S/C33H61NO6/c1-5-9-10-11-12-13-14-15-16-17-18-19-20-21-22-23-24-25-26-27-34(28(6-2)31(35)36,29(7-3)32(37)38)30(8-4)33(39)40/h24-25,28-30H,5-23,26-27H2,1-4H3,(H2-,35,36,37,38,39,40)/b25-24+. The zero-order valence-electron chi connectivity index (χ0n) is 26.2. The summed E-state index contributed by atoms with van der Waals surface area (Å²) in [4.78, 5) is 36.6. The Morgan fingerprint density at radius 3 is 1.25 bits per heavy atom. The Morgan fingerprint density at radius 2 is 0.925 bits per heavy atom. The van der Waals surface area contributed by atoms with E-state index in [0.717, 1.165) is 12.8 Å². The highest BCUT2D eigenvalue weighted by Crippen LogP contribution is 2.32. The van der Waals surface area contributed by atoms with Gasteiger partial charge < -0.3 is 20.1 Å². The first-order chi connectivity index (χ1) is 19.2. The first kappa shape index (κ1) is 38.1. The maximum absolute atomic E-state index is 12.2. The van der Waals surface area contributed by atoms with Gasteiger partial charge >= 0.3 is 11.9 Å². The predicted octanol–water partition coefficient (Wildman–Crippen LogP) is 7.27. The fraction of sp³-hybridized carbons (Fsp3) is 0.848. The Labute approximate surface area is 245 Å². The van der Waals surface area contributed by atoms with Gasteiger partial charge in [-0.05, 0) is 12.8 Å². The third-order valence-electron chi connectivity index (χ3n) is 8.57. The van der Waals surface area contributed by atoms with E-state index in [2.05, 4.69) is 13.0 Å². The first-order valence-corrected chi connectivity index (χ1v) is 16.4. The molecule has 3 unspecified atom stereocenters. The van der Waals surface area contributed by atoms with Crippen molar-refractivity contribution < 1.29 is 34.2 Å². The SMILES string of the molecule is CCCCCCCCCCCCCCCCC/C=C/CC[N+](C(CC)C(=O)[O-])(C(CC)C(=O)O)C(CC)C(=O)O. The van der Waals surface area contributed by atoms with Gasteiger partial charge in [0.1, 0.15) is 6.04 Å². The van der Waals surface area contributed by atoms with Crippen LogP contribution in [-0.4, -0.2) is 57.3 Å². The fourth-order valence-corrected chi connectivity index (χ4v) is 6.43. The molecule has 0 aromatic rings. The number of allylic oxidation sites excluding steroid dienone is 1. The van der Waals surface area contributed by atoms with Crippen LogP contribution < -0.4 is 5.11 Å². The lowest BCUT2D eigenvalue weighted by Crippen LogP contribution is -2.73. The summed E-state index contributed by atoms with van der Waals surface area (Å²) in [5, 5.41) is 32.1. The predicted molar refractivity (Wildman–Crippen MR) is 161 cm³/mol. The van der Waals surface area contributed by atoms with Crippen molar-refractivity contribution in [3.63, 3.8) is 0 Å². The molecule has 0 radical (unpaired) electrons. The average Bonchev–Trinajstić information content (AvgIpc) is 2.90. The minimum absolute atomic E-state index is 0.110. The number of aliphatic carboxylic acids is 3. The van der Waals surface area contributed by atoms with Crippen molar-refractivity contribution in [2.24, 2.45) is 0 Å². The second kappa shape index (κ2) is 23.8. The second-order valence-electron chi connectivity index (χ2n) is 11.5. The molecule has 0 saturated heterocycles. The lowest BCUT2D eigenvalue weighted by atomic mass is 9.94.